The molecule has 0 saturated heterocycles. The summed E-state index contributed by atoms with van der Waals surface area (Å²) in [7, 11) is 0. The highest BCUT2D eigenvalue weighted by molar-refractivity contribution is 7.12. The first-order valence-corrected chi connectivity index (χ1v) is 11.2. The lowest BCUT2D eigenvalue weighted by Gasteiger charge is -2.15. The van der Waals surface area contributed by atoms with Crippen molar-refractivity contribution in [3.63, 3.8) is 0 Å². The molecule has 0 N–H and O–H groups in total. The van der Waals surface area contributed by atoms with Crippen molar-refractivity contribution in [3.8, 4) is 33.4 Å². The molecule has 27 heavy (non-hydrogen) atoms. The zero-order valence-electron chi connectivity index (χ0n) is 15.8. The van der Waals surface area contributed by atoms with E-state index in [9.17, 15) is 0 Å². The van der Waals surface area contributed by atoms with Crippen molar-refractivity contribution in [2.75, 3.05) is 0 Å². The topological polar surface area (TPSA) is 0 Å². The predicted molar refractivity (Wildman–Crippen MR) is 118 cm³/mol. The highest BCUT2D eigenvalue weighted by Crippen LogP contribution is 2.51. The third-order valence-electron chi connectivity index (χ3n) is 6.11. The average Bonchev–Trinajstić information content (AvgIpc) is 3.34. The smallest absolute Gasteiger partial charge is 0.0171 e. The van der Waals surface area contributed by atoms with Crippen molar-refractivity contribution in [2.45, 2.75) is 33.6 Å². The Morgan fingerprint density at radius 1 is 0.630 bits per heavy atom. The molecule has 6 rings (SSSR count). The zero-order valence-corrected chi connectivity index (χ0v) is 17.4. The molecule has 0 bridgehead atoms. The minimum absolute atomic E-state index is 1.08. The Hall–Kier alpha value is -2.16. The summed E-state index contributed by atoms with van der Waals surface area (Å²) in [5.41, 5.74) is 13.2. The van der Waals surface area contributed by atoms with Crippen LogP contribution in [-0.4, -0.2) is 0 Å². The highest BCUT2D eigenvalue weighted by Gasteiger charge is 2.29. The standard InChI is InChI=1S/C25H20S2/c1-13-7-8-18(25-19(13)11-24-22(25)10-15(3)27-24)16-5-4-6-17-20(16)12-23-21(17)9-14(2)26-23/h4-10H,11-12H2,1-3H3. The van der Waals surface area contributed by atoms with Crippen LogP contribution in [0, 0.1) is 20.8 Å². The van der Waals surface area contributed by atoms with E-state index in [1.165, 1.54) is 64.7 Å². The minimum Gasteiger partial charge on any atom is -0.145 e. The van der Waals surface area contributed by atoms with Crippen LogP contribution >= 0.6 is 22.7 Å². The summed E-state index contributed by atoms with van der Waals surface area (Å²) in [6.07, 6.45) is 2.18. The molecule has 0 amide bonds. The van der Waals surface area contributed by atoms with Crippen LogP contribution in [0.2, 0.25) is 0 Å². The Labute approximate surface area is 168 Å². The SMILES string of the molecule is Cc1cc2c(s1)Cc1c-2cccc1-c1ccc(C)c2c1-c1cc(C)sc1C2. The number of benzene rings is 2. The third kappa shape index (κ3) is 2.14. The van der Waals surface area contributed by atoms with E-state index in [0.717, 1.165) is 12.8 Å². The Morgan fingerprint density at radius 3 is 2.04 bits per heavy atom. The molecule has 0 radical (unpaired) electrons. The van der Waals surface area contributed by atoms with Crippen LogP contribution in [0.3, 0.4) is 0 Å². The van der Waals surface area contributed by atoms with E-state index < -0.39 is 0 Å². The fourth-order valence-electron chi connectivity index (χ4n) is 4.94. The second-order valence-corrected chi connectivity index (χ2v) is 10.5. The summed E-state index contributed by atoms with van der Waals surface area (Å²) >= 11 is 3.92. The first-order valence-electron chi connectivity index (χ1n) is 9.54. The van der Waals surface area contributed by atoms with Gasteiger partial charge in [0, 0.05) is 32.4 Å². The maximum absolute atomic E-state index is 2.40. The van der Waals surface area contributed by atoms with Gasteiger partial charge in [-0.05, 0) is 83.0 Å². The van der Waals surface area contributed by atoms with Gasteiger partial charge in [0.15, 0.2) is 0 Å². The van der Waals surface area contributed by atoms with Gasteiger partial charge in [0.05, 0.1) is 0 Å². The van der Waals surface area contributed by atoms with Gasteiger partial charge in [-0.3, -0.25) is 0 Å². The molecule has 2 aromatic carbocycles. The van der Waals surface area contributed by atoms with Gasteiger partial charge in [0.25, 0.3) is 0 Å². The largest absolute Gasteiger partial charge is 0.145 e. The number of fused-ring (bicyclic) bond motifs is 6. The number of thiophene rings is 2. The molecule has 2 aliphatic carbocycles. The third-order valence-corrected chi connectivity index (χ3v) is 8.21. The first-order chi connectivity index (χ1) is 13.1. The van der Waals surface area contributed by atoms with Crippen molar-refractivity contribution in [1.82, 2.24) is 0 Å². The Kier molecular flexibility index (Phi) is 3.19. The Morgan fingerprint density at radius 2 is 1.26 bits per heavy atom. The number of hydrogen-bond acceptors (Lipinski definition) is 2. The second-order valence-electron chi connectivity index (χ2n) is 7.86. The first kappa shape index (κ1) is 15.9. The minimum atomic E-state index is 1.08. The van der Waals surface area contributed by atoms with Gasteiger partial charge in [-0.1, -0.05) is 30.3 Å². The summed E-state index contributed by atoms with van der Waals surface area (Å²) in [5.74, 6) is 0. The summed E-state index contributed by atoms with van der Waals surface area (Å²) in [6.45, 7) is 6.72. The van der Waals surface area contributed by atoms with Crippen LogP contribution < -0.4 is 0 Å². The van der Waals surface area contributed by atoms with Crippen LogP contribution in [0.4, 0.5) is 0 Å². The molecule has 4 aromatic rings. The summed E-state index contributed by atoms with van der Waals surface area (Å²) < 4.78 is 0. The van der Waals surface area contributed by atoms with Gasteiger partial charge < -0.3 is 0 Å². The van der Waals surface area contributed by atoms with E-state index in [-0.39, 0.29) is 0 Å². The lowest BCUT2D eigenvalue weighted by Crippen LogP contribution is -1.94. The summed E-state index contributed by atoms with van der Waals surface area (Å²) in [6, 6.07) is 16.4. The molecule has 2 heterocycles. The molecule has 0 fully saturated rings. The van der Waals surface area contributed by atoms with Crippen molar-refractivity contribution in [1.29, 1.82) is 0 Å². The van der Waals surface area contributed by atoms with Crippen LogP contribution in [-0.2, 0) is 12.8 Å². The van der Waals surface area contributed by atoms with Crippen LogP contribution in [0.5, 0.6) is 0 Å². The highest BCUT2D eigenvalue weighted by atomic mass is 32.1. The summed E-state index contributed by atoms with van der Waals surface area (Å²) in [4.78, 5) is 5.92. The molecule has 0 atom stereocenters. The lowest BCUT2D eigenvalue weighted by molar-refractivity contribution is 1.24. The van der Waals surface area contributed by atoms with Crippen molar-refractivity contribution in [2.24, 2.45) is 0 Å². The number of hydrogen-bond donors (Lipinski definition) is 0. The molecular weight excluding hydrogens is 364 g/mol. The maximum atomic E-state index is 2.40. The normalized spacial score (nSPS) is 13.4. The van der Waals surface area contributed by atoms with Crippen LogP contribution in [0.1, 0.15) is 36.2 Å². The van der Waals surface area contributed by atoms with Gasteiger partial charge in [-0.15, -0.1) is 22.7 Å². The zero-order chi connectivity index (χ0) is 18.3. The van der Waals surface area contributed by atoms with Crippen LogP contribution in [0.15, 0.2) is 42.5 Å². The van der Waals surface area contributed by atoms with Crippen molar-refractivity contribution in [3.05, 3.63) is 78.7 Å². The molecule has 2 heteroatoms. The van der Waals surface area contributed by atoms with E-state index >= 15 is 0 Å². The molecule has 0 nitrogen and oxygen atoms in total. The molecule has 0 unspecified atom stereocenters. The summed E-state index contributed by atoms with van der Waals surface area (Å²) in [5, 5.41) is 0. The van der Waals surface area contributed by atoms with Gasteiger partial charge in [-0.2, -0.15) is 0 Å². The van der Waals surface area contributed by atoms with Gasteiger partial charge in [-0.25, -0.2) is 0 Å². The molecule has 0 spiro atoms. The van der Waals surface area contributed by atoms with Crippen molar-refractivity contribution < 1.29 is 0 Å². The average molecular weight is 385 g/mol. The molecule has 132 valence electrons. The number of aryl methyl sites for hydroxylation is 3. The van der Waals surface area contributed by atoms with Crippen molar-refractivity contribution >= 4 is 22.7 Å². The van der Waals surface area contributed by atoms with E-state index in [1.807, 2.05) is 22.7 Å². The van der Waals surface area contributed by atoms with Gasteiger partial charge in [0.2, 0.25) is 0 Å². The Bertz CT molecular complexity index is 1250. The van der Waals surface area contributed by atoms with E-state index in [4.69, 9.17) is 0 Å². The number of rotatable bonds is 1. The molecule has 2 aromatic heterocycles. The van der Waals surface area contributed by atoms with Gasteiger partial charge >= 0.3 is 0 Å². The van der Waals surface area contributed by atoms with Gasteiger partial charge in [0.1, 0.15) is 0 Å². The fourth-order valence-corrected chi connectivity index (χ4v) is 7.06. The van der Waals surface area contributed by atoms with E-state index in [0.29, 0.717) is 0 Å². The quantitative estimate of drug-likeness (QED) is 0.274. The molecular formula is C25H20S2. The lowest BCUT2D eigenvalue weighted by atomic mass is 9.88. The van der Waals surface area contributed by atoms with E-state index in [1.54, 1.807) is 4.88 Å². The maximum Gasteiger partial charge on any atom is 0.0171 e. The fraction of sp³-hybridized carbons (Fsp3) is 0.200. The van der Waals surface area contributed by atoms with E-state index in [2.05, 4.69) is 63.2 Å². The molecule has 0 saturated carbocycles. The second kappa shape index (κ2) is 5.43. The Balaban J connectivity index is 1.62. The monoisotopic (exact) mass is 384 g/mol. The molecule has 0 aliphatic heterocycles. The van der Waals surface area contributed by atoms with Crippen LogP contribution in [0.25, 0.3) is 33.4 Å². The predicted octanol–water partition coefficient (Wildman–Crippen LogP) is 7.54. The molecule has 2 aliphatic rings.